The lowest BCUT2D eigenvalue weighted by molar-refractivity contribution is 1.73. The second-order valence-electron chi connectivity index (χ2n) is 4.79. The maximum atomic E-state index is 4.42. The Morgan fingerprint density at radius 2 is 1.35 bits per heavy atom. The van der Waals surface area contributed by atoms with Gasteiger partial charge in [-0.2, -0.15) is 11.3 Å². The van der Waals surface area contributed by atoms with Crippen molar-refractivity contribution in [3.05, 3.63) is 89.6 Å². The molecule has 1 heterocycles. The summed E-state index contributed by atoms with van der Waals surface area (Å²) >= 11 is 1.74. The largest absolute Gasteiger partial charge is 0.152 e. The van der Waals surface area contributed by atoms with Gasteiger partial charge in [0, 0.05) is 0 Å². The quantitative estimate of drug-likeness (QED) is 0.647. The number of hydrogen-bond donors (Lipinski definition) is 0. The van der Waals surface area contributed by atoms with Gasteiger partial charge in [0.1, 0.15) is 8.80 Å². The van der Waals surface area contributed by atoms with E-state index in [0.29, 0.717) is 0 Å². The minimum absolute atomic E-state index is 1.29. The van der Waals surface area contributed by atoms with Crippen molar-refractivity contribution >= 4 is 35.7 Å². The van der Waals surface area contributed by atoms with Gasteiger partial charge < -0.3 is 0 Å². The van der Waals surface area contributed by atoms with E-state index in [9.17, 15) is 0 Å². The monoisotopic (exact) mass is 292 g/mol. The van der Waals surface area contributed by atoms with Crippen LogP contribution in [-0.4, -0.2) is 8.80 Å². The first-order chi connectivity index (χ1) is 9.86. The zero-order valence-electron chi connectivity index (χ0n) is 11.2. The third kappa shape index (κ3) is 2.67. The third-order valence-corrected chi connectivity index (χ3v) is 7.32. The molecule has 0 bridgehead atoms. The van der Waals surface area contributed by atoms with Gasteiger partial charge in [-0.3, -0.25) is 0 Å². The molecule has 3 rings (SSSR count). The lowest BCUT2D eigenvalue weighted by Crippen LogP contribution is -2.43. The van der Waals surface area contributed by atoms with E-state index < -0.39 is 8.80 Å². The molecule has 0 aliphatic carbocycles. The predicted molar refractivity (Wildman–Crippen MR) is 92.7 cm³/mol. The molecule has 0 aliphatic rings. The molecule has 0 radical (unpaired) electrons. The Labute approximate surface area is 125 Å². The molecule has 0 aliphatic heterocycles. The van der Waals surface area contributed by atoms with Gasteiger partial charge in [0.15, 0.2) is 0 Å². The topological polar surface area (TPSA) is 0 Å². The van der Waals surface area contributed by atoms with Crippen LogP contribution < -0.4 is 10.4 Å². The highest BCUT2D eigenvalue weighted by Crippen LogP contribution is 2.18. The van der Waals surface area contributed by atoms with E-state index in [1.165, 1.54) is 21.1 Å². The molecule has 0 saturated carbocycles. The Morgan fingerprint density at radius 3 is 1.80 bits per heavy atom. The first kappa shape index (κ1) is 13.1. The highest BCUT2D eigenvalue weighted by molar-refractivity contribution is 7.08. The summed E-state index contributed by atoms with van der Waals surface area (Å²) in [4.78, 5) is 0. The minimum atomic E-state index is -1.43. The van der Waals surface area contributed by atoms with Crippen molar-refractivity contribution in [2.24, 2.45) is 0 Å². The fourth-order valence-electron chi connectivity index (χ4n) is 2.50. The average molecular weight is 292 g/mol. The van der Waals surface area contributed by atoms with Crippen LogP contribution in [0.3, 0.4) is 0 Å². The molecule has 0 fully saturated rings. The summed E-state index contributed by atoms with van der Waals surface area (Å²) in [6.07, 6.45) is 0. The van der Waals surface area contributed by atoms with Crippen molar-refractivity contribution in [1.82, 2.24) is 0 Å². The van der Waals surface area contributed by atoms with Crippen molar-refractivity contribution in [3.8, 4) is 0 Å². The van der Waals surface area contributed by atoms with Crippen LogP contribution in [-0.2, 0) is 0 Å². The van der Waals surface area contributed by atoms with Crippen molar-refractivity contribution in [2.45, 2.75) is 0 Å². The van der Waals surface area contributed by atoms with Crippen molar-refractivity contribution in [3.63, 3.8) is 0 Å². The predicted octanol–water partition coefficient (Wildman–Crippen LogP) is 3.34. The molecule has 0 nitrogen and oxygen atoms in total. The summed E-state index contributed by atoms with van der Waals surface area (Å²) in [5.41, 5.74) is 1.29. The van der Waals surface area contributed by atoms with Crippen LogP contribution >= 0.6 is 11.3 Å². The van der Waals surface area contributed by atoms with Gasteiger partial charge >= 0.3 is 0 Å². The van der Waals surface area contributed by atoms with Gasteiger partial charge in [0.2, 0.25) is 0 Å². The molecule has 2 heteroatoms. The summed E-state index contributed by atoms with van der Waals surface area (Å²) in [6.45, 7) is 4.42. The smallest absolute Gasteiger partial charge is 0.133 e. The van der Waals surface area contributed by atoms with E-state index in [-0.39, 0.29) is 0 Å². The summed E-state index contributed by atoms with van der Waals surface area (Å²) in [6, 6.07) is 23.8. The molecule has 0 amide bonds. The summed E-state index contributed by atoms with van der Waals surface area (Å²) in [5, 5.41) is 8.48. The zero-order valence-corrected chi connectivity index (χ0v) is 13.2. The van der Waals surface area contributed by atoms with E-state index in [2.05, 4.69) is 84.1 Å². The van der Waals surface area contributed by atoms with Crippen LogP contribution in [0.25, 0.3) is 5.20 Å². The second kappa shape index (κ2) is 6.03. The summed E-state index contributed by atoms with van der Waals surface area (Å²) < 4.78 is 0. The molecule has 0 N–H and O–H groups in total. The standard InChI is InChI=1S/C18H16SSi/c1-15(16-12-13-19-14-16)20(17-8-4-2-5-9-17)18-10-6-3-7-11-18/h2-14,20H,1H2. The molecule has 2 aromatic carbocycles. The second-order valence-corrected chi connectivity index (χ2v) is 8.47. The van der Waals surface area contributed by atoms with E-state index in [0.717, 1.165) is 0 Å². The molecule has 98 valence electrons. The highest BCUT2D eigenvalue weighted by atomic mass is 32.1. The molecule has 3 aromatic rings. The van der Waals surface area contributed by atoms with Crippen LogP contribution in [0.2, 0.25) is 0 Å². The molecule has 1 aromatic heterocycles. The lowest BCUT2D eigenvalue weighted by atomic mass is 10.3. The maximum Gasteiger partial charge on any atom is 0.133 e. The van der Waals surface area contributed by atoms with Crippen molar-refractivity contribution in [1.29, 1.82) is 0 Å². The Morgan fingerprint density at radius 1 is 0.800 bits per heavy atom. The van der Waals surface area contributed by atoms with Crippen molar-refractivity contribution in [2.75, 3.05) is 0 Å². The lowest BCUT2D eigenvalue weighted by Gasteiger charge is -2.18. The zero-order chi connectivity index (χ0) is 13.8. The molecule has 0 saturated heterocycles. The van der Waals surface area contributed by atoms with Crippen molar-refractivity contribution < 1.29 is 0 Å². The van der Waals surface area contributed by atoms with Crippen LogP contribution in [0.15, 0.2) is 84.1 Å². The van der Waals surface area contributed by atoms with Gasteiger partial charge in [0.05, 0.1) is 0 Å². The van der Waals surface area contributed by atoms with Crippen LogP contribution in [0, 0.1) is 0 Å². The average Bonchev–Trinajstić information content (AvgIpc) is 3.04. The molecule has 20 heavy (non-hydrogen) atoms. The SMILES string of the molecule is C=C(c1ccsc1)[SiH](c1ccccc1)c1ccccc1. The van der Waals surface area contributed by atoms with E-state index in [1.54, 1.807) is 11.3 Å². The molecule has 0 unspecified atom stereocenters. The van der Waals surface area contributed by atoms with E-state index >= 15 is 0 Å². The minimum Gasteiger partial charge on any atom is -0.152 e. The van der Waals surface area contributed by atoms with E-state index in [4.69, 9.17) is 0 Å². The van der Waals surface area contributed by atoms with Gasteiger partial charge in [-0.25, -0.2) is 0 Å². The third-order valence-electron chi connectivity index (χ3n) is 3.51. The molecular weight excluding hydrogens is 276 g/mol. The van der Waals surface area contributed by atoms with Crippen LogP contribution in [0.4, 0.5) is 0 Å². The molecule has 0 atom stereocenters. The van der Waals surface area contributed by atoms with Gasteiger partial charge in [-0.05, 0) is 22.4 Å². The van der Waals surface area contributed by atoms with Gasteiger partial charge in [-0.1, -0.05) is 82.8 Å². The summed E-state index contributed by atoms with van der Waals surface area (Å²) in [5.74, 6) is 0. The van der Waals surface area contributed by atoms with Gasteiger partial charge in [-0.15, -0.1) is 0 Å². The Hall–Kier alpha value is -1.90. The number of hydrogen-bond acceptors (Lipinski definition) is 1. The number of rotatable bonds is 4. The Bertz CT molecular complexity index is 632. The maximum absolute atomic E-state index is 4.42. The Balaban J connectivity index is 2.07. The van der Waals surface area contributed by atoms with Gasteiger partial charge in [0.25, 0.3) is 0 Å². The fourth-order valence-corrected chi connectivity index (χ4v) is 6.22. The van der Waals surface area contributed by atoms with Crippen LogP contribution in [0.1, 0.15) is 5.56 Å². The summed E-state index contributed by atoms with van der Waals surface area (Å²) in [7, 11) is -1.43. The normalized spacial score (nSPS) is 10.7. The van der Waals surface area contributed by atoms with E-state index in [1.807, 2.05) is 0 Å². The highest BCUT2D eigenvalue weighted by Gasteiger charge is 2.20. The first-order valence-electron chi connectivity index (χ1n) is 6.67. The number of thiophene rings is 1. The first-order valence-corrected chi connectivity index (χ1v) is 9.35. The number of benzene rings is 2. The molecule has 0 spiro atoms. The fraction of sp³-hybridized carbons (Fsp3) is 0. The molecular formula is C18H16SSi. The Kier molecular flexibility index (Phi) is 3.95. The van der Waals surface area contributed by atoms with Crippen LogP contribution in [0.5, 0.6) is 0 Å².